The largest absolute Gasteiger partial charge is 0.465 e. The number of hydrogen-bond acceptors (Lipinski definition) is 6. The Kier molecular flexibility index (Phi) is 6.24. The molecule has 0 aliphatic rings. The van der Waals surface area contributed by atoms with Crippen LogP contribution in [0.15, 0.2) is 36.4 Å². The number of ether oxygens (including phenoxy) is 1. The minimum Gasteiger partial charge on any atom is -0.465 e. The zero-order valence-corrected chi connectivity index (χ0v) is 13.7. The normalized spacial score (nSPS) is 10.1. The summed E-state index contributed by atoms with van der Waals surface area (Å²) in [5.74, 6) is -0.179. The number of methoxy groups -OCH3 is 1. The molecule has 0 aliphatic carbocycles. The van der Waals surface area contributed by atoms with Gasteiger partial charge in [0, 0.05) is 12.2 Å². The molecule has 2 N–H and O–H groups in total. The van der Waals surface area contributed by atoms with Gasteiger partial charge in [-0.25, -0.2) is 4.79 Å². The van der Waals surface area contributed by atoms with Crippen molar-refractivity contribution in [2.75, 3.05) is 19.0 Å². The van der Waals surface area contributed by atoms with Crippen molar-refractivity contribution in [3.8, 4) is 0 Å². The topological polar surface area (TPSA) is 93.2 Å². The summed E-state index contributed by atoms with van der Waals surface area (Å²) in [4.78, 5) is 23.4. The Morgan fingerprint density at radius 2 is 2.00 bits per heavy atom. The minimum absolute atomic E-state index is 0.241. The molecule has 0 atom stereocenters. The van der Waals surface area contributed by atoms with Crippen LogP contribution in [0, 0.1) is 0 Å². The average molecular weight is 328 g/mol. The van der Waals surface area contributed by atoms with Crippen LogP contribution in [0.5, 0.6) is 0 Å². The van der Waals surface area contributed by atoms with E-state index in [1.165, 1.54) is 7.11 Å². The van der Waals surface area contributed by atoms with Crippen LogP contribution in [0.3, 0.4) is 0 Å². The molecule has 1 heterocycles. The molecular formula is C17H20N4O3. The number of hydrogen-bond donors (Lipinski definition) is 2. The standard InChI is InChI=1S/C17H20N4O3/c1-3-4-10-18-16(22)14-8-9-15(21-20-14)19-13-7-5-6-12(11-13)17(23)24-2/h5-9,11H,3-4,10H2,1-2H3,(H,18,22)(H,19,21). The van der Waals surface area contributed by atoms with Crippen molar-refractivity contribution in [1.29, 1.82) is 0 Å². The molecule has 1 aromatic heterocycles. The van der Waals surface area contributed by atoms with E-state index >= 15 is 0 Å². The van der Waals surface area contributed by atoms with E-state index in [1.807, 2.05) is 0 Å². The van der Waals surface area contributed by atoms with Crippen LogP contribution in [-0.4, -0.2) is 35.7 Å². The number of benzene rings is 1. The molecule has 0 fully saturated rings. The lowest BCUT2D eigenvalue weighted by Gasteiger charge is -2.07. The van der Waals surface area contributed by atoms with Gasteiger partial charge in [-0.1, -0.05) is 19.4 Å². The first-order chi connectivity index (χ1) is 11.6. The van der Waals surface area contributed by atoms with E-state index in [4.69, 9.17) is 0 Å². The summed E-state index contributed by atoms with van der Waals surface area (Å²) in [7, 11) is 1.33. The molecule has 7 heteroatoms. The van der Waals surface area contributed by atoms with Crippen LogP contribution >= 0.6 is 0 Å². The van der Waals surface area contributed by atoms with Crippen LogP contribution in [-0.2, 0) is 4.74 Å². The maximum absolute atomic E-state index is 11.9. The van der Waals surface area contributed by atoms with Crippen LogP contribution < -0.4 is 10.6 Å². The lowest BCUT2D eigenvalue weighted by atomic mass is 10.2. The number of carbonyl (C=O) groups is 2. The summed E-state index contributed by atoms with van der Waals surface area (Å²) >= 11 is 0. The van der Waals surface area contributed by atoms with Gasteiger partial charge in [0.15, 0.2) is 11.5 Å². The molecule has 126 valence electrons. The monoisotopic (exact) mass is 328 g/mol. The minimum atomic E-state index is -0.413. The molecule has 0 spiro atoms. The lowest BCUT2D eigenvalue weighted by molar-refractivity contribution is 0.0600. The summed E-state index contributed by atoms with van der Waals surface area (Å²) in [5.41, 5.74) is 1.37. The van der Waals surface area contributed by atoms with Gasteiger partial charge in [-0.05, 0) is 36.8 Å². The van der Waals surface area contributed by atoms with Crippen LogP contribution in [0.1, 0.15) is 40.6 Å². The van der Waals surface area contributed by atoms with Crippen molar-refractivity contribution >= 4 is 23.4 Å². The van der Waals surface area contributed by atoms with Gasteiger partial charge in [-0.3, -0.25) is 4.79 Å². The quantitative estimate of drug-likeness (QED) is 0.599. The SMILES string of the molecule is CCCCNC(=O)c1ccc(Nc2cccc(C(=O)OC)c2)nn1. The Morgan fingerprint density at radius 1 is 1.17 bits per heavy atom. The highest BCUT2D eigenvalue weighted by Crippen LogP contribution is 2.16. The predicted octanol–water partition coefficient (Wildman–Crippen LogP) is 2.54. The van der Waals surface area contributed by atoms with Crippen LogP contribution in [0.4, 0.5) is 11.5 Å². The summed E-state index contributed by atoms with van der Waals surface area (Å²) in [5, 5.41) is 13.7. The summed E-state index contributed by atoms with van der Waals surface area (Å²) in [6.45, 7) is 2.68. The van der Waals surface area contributed by atoms with E-state index in [9.17, 15) is 9.59 Å². The van der Waals surface area contributed by atoms with Gasteiger partial charge in [0.1, 0.15) is 0 Å². The summed E-state index contributed by atoms with van der Waals surface area (Å²) in [6, 6.07) is 10.1. The fraction of sp³-hybridized carbons (Fsp3) is 0.294. The molecule has 0 radical (unpaired) electrons. The Labute approximate surface area is 140 Å². The Morgan fingerprint density at radius 3 is 2.67 bits per heavy atom. The van der Waals surface area contributed by atoms with Crippen molar-refractivity contribution in [1.82, 2.24) is 15.5 Å². The van der Waals surface area contributed by atoms with Crippen molar-refractivity contribution in [2.45, 2.75) is 19.8 Å². The van der Waals surface area contributed by atoms with Crippen molar-refractivity contribution in [3.05, 3.63) is 47.7 Å². The average Bonchev–Trinajstić information content (AvgIpc) is 2.62. The third-order valence-corrected chi connectivity index (χ3v) is 3.27. The van der Waals surface area contributed by atoms with Gasteiger partial charge in [-0.2, -0.15) is 0 Å². The van der Waals surface area contributed by atoms with Crippen molar-refractivity contribution in [2.24, 2.45) is 0 Å². The number of carbonyl (C=O) groups excluding carboxylic acids is 2. The van der Waals surface area contributed by atoms with Crippen molar-refractivity contribution in [3.63, 3.8) is 0 Å². The molecule has 2 aromatic rings. The van der Waals surface area contributed by atoms with Gasteiger partial charge in [0.2, 0.25) is 0 Å². The number of rotatable bonds is 7. The first-order valence-electron chi connectivity index (χ1n) is 7.71. The van der Waals surface area contributed by atoms with Gasteiger partial charge in [0.25, 0.3) is 5.91 Å². The second-order valence-corrected chi connectivity index (χ2v) is 5.11. The second kappa shape index (κ2) is 8.61. The third-order valence-electron chi connectivity index (χ3n) is 3.27. The Hall–Kier alpha value is -2.96. The van der Waals surface area contributed by atoms with E-state index in [0.29, 0.717) is 23.6 Å². The Balaban J connectivity index is 2.01. The molecule has 0 aliphatic heterocycles. The maximum Gasteiger partial charge on any atom is 0.337 e. The number of nitrogens with zero attached hydrogens (tertiary/aromatic N) is 2. The van der Waals surface area contributed by atoms with E-state index < -0.39 is 5.97 Å². The number of aromatic nitrogens is 2. The number of anilines is 2. The number of esters is 1. The fourth-order valence-corrected chi connectivity index (χ4v) is 1.98. The molecule has 2 rings (SSSR count). The van der Waals surface area contributed by atoms with Crippen molar-refractivity contribution < 1.29 is 14.3 Å². The second-order valence-electron chi connectivity index (χ2n) is 5.11. The highest BCUT2D eigenvalue weighted by Gasteiger charge is 2.09. The molecule has 0 saturated carbocycles. The molecule has 0 saturated heterocycles. The summed E-state index contributed by atoms with van der Waals surface area (Å²) < 4.78 is 4.68. The molecule has 1 amide bonds. The van der Waals surface area contributed by atoms with E-state index in [-0.39, 0.29) is 11.6 Å². The fourth-order valence-electron chi connectivity index (χ4n) is 1.98. The van der Waals surface area contributed by atoms with E-state index in [1.54, 1.807) is 36.4 Å². The molecule has 0 bridgehead atoms. The number of amides is 1. The predicted molar refractivity (Wildman–Crippen MR) is 90.3 cm³/mol. The van der Waals surface area contributed by atoms with E-state index in [2.05, 4.69) is 32.5 Å². The zero-order valence-electron chi connectivity index (χ0n) is 13.7. The zero-order chi connectivity index (χ0) is 17.4. The lowest BCUT2D eigenvalue weighted by Crippen LogP contribution is -2.25. The van der Waals surface area contributed by atoms with Crippen LogP contribution in [0.25, 0.3) is 0 Å². The Bertz CT molecular complexity index is 701. The number of unbranched alkanes of at least 4 members (excludes halogenated alkanes) is 1. The molecule has 0 unspecified atom stereocenters. The molecular weight excluding hydrogens is 308 g/mol. The molecule has 24 heavy (non-hydrogen) atoms. The maximum atomic E-state index is 11.9. The van der Waals surface area contributed by atoms with Gasteiger partial charge < -0.3 is 15.4 Å². The molecule has 7 nitrogen and oxygen atoms in total. The van der Waals surface area contributed by atoms with Crippen LogP contribution in [0.2, 0.25) is 0 Å². The van der Waals surface area contributed by atoms with E-state index in [0.717, 1.165) is 12.8 Å². The summed E-state index contributed by atoms with van der Waals surface area (Å²) in [6.07, 6.45) is 1.94. The highest BCUT2D eigenvalue weighted by atomic mass is 16.5. The first kappa shape index (κ1) is 17.4. The third kappa shape index (κ3) is 4.77. The number of nitrogens with one attached hydrogen (secondary N) is 2. The first-order valence-corrected chi connectivity index (χ1v) is 7.71. The molecule has 1 aromatic carbocycles. The van der Waals surface area contributed by atoms with Gasteiger partial charge in [0.05, 0.1) is 12.7 Å². The smallest absolute Gasteiger partial charge is 0.337 e. The van der Waals surface area contributed by atoms with Gasteiger partial charge in [-0.15, -0.1) is 10.2 Å². The van der Waals surface area contributed by atoms with Gasteiger partial charge >= 0.3 is 5.97 Å². The highest BCUT2D eigenvalue weighted by molar-refractivity contribution is 5.92.